The average molecular weight is 340 g/mol. The second-order valence-corrected chi connectivity index (χ2v) is 5.65. The molecule has 0 aromatic carbocycles. The molecule has 24 heavy (non-hydrogen) atoms. The summed E-state index contributed by atoms with van der Waals surface area (Å²) in [6, 6.07) is 2.12. The Morgan fingerprint density at radius 2 is 2.08 bits per heavy atom. The molecule has 1 aliphatic rings. The Kier molecular flexibility index (Phi) is 4.04. The molecule has 3 heterocycles. The second kappa shape index (κ2) is 5.90. The minimum atomic E-state index is -4.46. The molecule has 0 radical (unpaired) electrons. The van der Waals surface area contributed by atoms with Crippen molar-refractivity contribution in [2.45, 2.75) is 25.6 Å². The van der Waals surface area contributed by atoms with Gasteiger partial charge in [0.2, 0.25) is 0 Å². The van der Waals surface area contributed by atoms with Gasteiger partial charge in [-0.2, -0.15) is 18.3 Å². The fourth-order valence-corrected chi connectivity index (χ4v) is 2.63. The molecule has 9 heteroatoms. The van der Waals surface area contributed by atoms with Crippen molar-refractivity contribution in [3.8, 4) is 5.82 Å². The van der Waals surface area contributed by atoms with Gasteiger partial charge < -0.3 is 10.0 Å². The van der Waals surface area contributed by atoms with Crippen molar-refractivity contribution >= 4 is 5.91 Å². The number of aromatic nitrogens is 3. The molecule has 1 aliphatic heterocycles. The number of β-amino-alcohol motifs (C(OH)–C–C–N with tert-alkyl or cyclic N) is 1. The molecule has 0 spiro atoms. The fourth-order valence-electron chi connectivity index (χ4n) is 2.63. The minimum Gasteiger partial charge on any atom is -0.391 e. The molecule has 6 nitrogen and oxygen atoms in total. The van der Waals surface area contributed by atoms with Crippen LogP contribution in [0.5, 0.6) is 0 Å². The molecule has 1 N–H and O–H groups in total. The van der Waals surface area contributed by atoms with Crippen molar-refractivity contribution in [2.24, 2.45) is 0 Å². The van der Waals surface area contributed by atoms with Crippen molar-refractivity contribution in [1.29, 1.82) is 0 Å². The van der Waals surface area contributed by atoms with Gasteiger partial charge >= 0.3 is 6.18 Å². The number of rotatable bonds is 2. The lowest BCUT2D eigenvalue weighted by molar-refractivity contribution is -0.137. The first-order valence-corrected chi connectivity index (χ1v) is 7.33. The molecule has 1 atom stereocenters. The number of alkyl halides is 3. The predicted molar refractivity (Wildman–Crippen MR) is 77.6 cm³/mol. The lowest BCUT2D eigenvalue weighted by atomic mass is 10.2. The maximum Gasteiger partial charge on any atom is 0.417 e. The molecule has 2 aromatic heterocycles. The normalized spacial score (nSPS) is 18.2. The fraction of sp³-hybridized carbons (Fsp3) is 0.400. The van der Waals surface area contributed by atoms with E-state index in [1.165, 1.54) is 21.8 Å². The van der Waals surface area contributed by atoms with Crippen molar-refractivity contribution in [3.05, 3.63) is 41.3 Å². The van der Waals surface area contributed by atoms with Gasteiger partial charge in [0.05, 0.1) is 29.1 Å². The van der Waals surface area contributed by atoms with Crippen LogP contribution in [0.2, 0.25) is 0 Å². The summed E-state index contributed by atoms with van der Waals surface area (Å²) in [5, 5.41) is 13.6. The molecule has 128 valence electrons. The van der Waals surface area contributed by atoms with E-state index in [4.69, 9.17) is 0 Å². The van der Waals surface area contributed by atoms with Crippen molar-refractivity contribution in [1.82, 2.24) is 19.7 Å². The highest BCUT2D eigenvalue weighted by molar-refractivity contribution is 5.95. The number of aliphatic hydroxyl groups is 1. The van der Waals surface area contributed by atoms with Crippen LogP contribution < -0.4 is 0 Å². The Morgan fingerprint density at radius 3 is 2.62 bits per heavy atom. The second-order valence-electron chi connectivity index (χ2n) is 5.65. The van der Waals surface area contributed by atoms with Crippen LogP contribution in [0.15, 0.2) is 24.5 Å². The van der Waals surface area contributed by atoms with E-state index in [1.54, 1.807) is 6.92 Å². The Balaban J connectivity index is 1.86. The number of aliphatic hydroxyl groups excluding tert-OH is 1. The van der Waals surface area contributed by atoms with Crippen molar-refractivity contribution < 1.29 is 23.1 Å². The van der Waals surface area contributed by atoms with Gasteiger partial charge in [0.15, 0.2) is 5.82 Å². The van der Waals surface area contributed by atoms with Crippen LogP contribution in [0.3, 0.4) is 0 Å². The van der Waals surface area contributed by atoms with Crippen LogP contribution in [0.25, 0.3) is 5.82 Å². The third kappa shape index (κ3) is 2.99. The summed E-state index contributed by atoms with van der Waals surface area (Å²) in [4.78, 5) is 17.7. The number of pyridine rings is 1. The summed E-state index contributed by atoms with van der Waals surface area (Å²) in [7, 11) is 0. The Bertz CT molecular complexity index is 755. The highest BCUT2D eigenvalue weighted by atomic mass is 19.4. The monoisotopic (exact) mass is 340 g/mol. The highest BCUT2D eigenvalue weighted by Gasteiger charge is 2.31. The molecule has 1 saturated heterocycles. The van der Waals surface area contributed by atoms with Crippen LogP contribution in [-0.2, 0) is 6.18 Å². The number of nitrogens with zero attached hydrogens (tertiary/aromatic N) is 4. The van der Waals surface area contributed by atoms with Gasteiger partial charge in [-0.3, -0.25) is 4.79 Å². The third-order valence-electron chi connectivity index (χ3n) is 3.98. The molecule has 0 unspecified atom stereocenters. The summed E-state index contributed by atoms with van der Waals surface area (Å²) >= 11 is 0. The number of hydrogen-bond acceptors (Lipinski definition) is 4. The van der Waals surface area contributed by atoms with Crippen LogP contribution in [0.1, 0.15) is 28.0 Å². The summed E-state index contributed by atoms with van der Waals surface area (Å²) in [6.45, 7) is 2.37. The lowest BCUT2D eigenvalue weighted by Gasteiger charge is -2.15. The Morgan fingerprint density at radius 1 is 1.33 bits per heavy atom. The molecular weight excluding hydrogens is 325 g/mol. The van der Waals surface area contributed by atoms with Gasteiger partial charge in [-0.25, -0.2) is 9.67 Å². The van der Waals surface area contributed by atoms with Gasteiger partial charge in [-0.05, 0) is 25.5 Å². The third-order valence-corrected chi connectivity index (χ3v) is 3.98. The van der Waals surface area contributed by atoms with E-state index in [0.29, 0.717) is 24.2 Å². The number of halogens is 3. The number of carbonyl (C=O) groups is 1. The van der Waals surface area contributed by atoms with E-state index >= 15 is 0 Å². The van der Waals surface area contributed by atoms with E-state index < -0.39 is 17.8 Å². The molecule has 0 bridgehead atoms. The topological polar surface area (TPSA) is 71.2 Å². The Hall–Kier alpha value is -2.42. The first-order chi connectivity index (χ1) is 11.3. The molecule has 2 aromatic rings. The van der Waals surface area contributed by atoms with E-state index in [0.717, 1.165) is 12.3 Å². The van der Waals surface area contributed by atoms with E-state index in [1.807, 2.05) is 0 Å². The maximum atomic E-state index is 12.6. The summed E-state index contributed by atoms with van der Waals surface area (Å²) in [5.41, 5.74) is -0.0298. The van der Waals surface area contributed by atoms with Gasteiger partial charge in [0, 0.05) is 19.3 Å². The number of hydrogen-bond donors (Lipinski definition) is 1. The molecule has 3 rings (SSSR count). The van der Waals surface area contributed by atoms with E-state index in [-0.39, 0.29) is 18.3 Å². The lowest BCUT2D eigenvalue weighted by Crippen LogP contribution is -2.29. The molecule has 1 amide bonds. The number of amides is 1. The smallest absolute Gasteiger partial charge is 0.391 e. The quantitative estimate of drug-likeness (QED) is 0.905. The molecule has 1 fully saturated rings. The van der Waals surface area contributed by atoms with Crippen LogP contribution in [-0.4, -0.2) is 49.9 Å². The number of carbonyl (C=O) groups excluding carboxylic acids is 1. The van der Waals surface area contributed by atoms with Crippen LogP contribution in [0.4, 0.5) is 13.2 Å². The summed E-state index contributed by atoms with van der Waals surface area (Å²) in [5.74, 6) is -0.0665. The zero-order valence-electron chi connectivity index (χ0n) is 12.8. The van der Waals surface area contributed by atoms with E-state index in [9.17, 15) is 23.1 Å². The first-order valence-electron chi connectivity index (χ1n) is 7.33. The van der Waals surface area contributed by atoms with Gasteiger partial charge in [0.25, 0.3) is 5.91 Å². The molecular formula is C15H15F3N4O2. The van der Waals surface area contributed by atoms with Gasteiger partial charge in [-0.1, -0.05) is 0 Å². The van der Waals surface area contributed by atoms with Crippen LogP contribution >= 0.6 is 0 Å². The largest absolute Gasteiger partial charge is 0.417 e. The molecule has 0 saturated carbocycles. The first kappa shape index (κ1) is 16.4. The Labute approximate surface area is 135 Å². The van der Waals surface area contributed by atoms with Gasteiger partial charge in [-0.15, -0.1) is 0 Å². The minimum absolute atomic E-state index is 0.195. The van der Waals surface area contributed by atoms with Crippen molar-refractivity contribution in [3.63, 3.8) is 0 Å². The maximum absolute atomic E-state index is 12.6. The summed E-state index contributed by atoms with van der Waals surface area (Å²) in [6.07, 6.45) is -2.36. The zero-order valence-corrected chi connectivity index (χ0v) is 12.8. The molecule has 0 aliphatic carbocycles. The van der Waals surface area contributed by atoms with Gasteiger partial charge in [0.1, 0.15) is 0 Å². The van der Waals surface area contributed by atoms with Crippen molar-refractivity contribution in [2.75, 3.05) is 13.1 Å². The standard InChI is InChI=1S/C15H15F3N4O2/c1-9-12(14(24)21-5-4-11(23)8-21)7-20-22(9)13-3-2-10(6-19-13)15(16,17)18/h2-3,6-7,11,23H,4-5,8H2,1H3/t11-/m1/s1. The summed E-state index contributed by atoms with van der Waals surface area (Å²) < 4.78 is 39.1. The zero-order chi connectivity index (χ0) is 17.5. The predicted octanol–water partition coefficient (Wildman–Crippen LogP) is 1.80. The number of likely N-dealkylation sites (tertiary alicyclic amines) is 1. The SMILES string of the molecule is Cc1c(C(=O)N2CC[C@@H](O)C2)cnn1-c1ccc(C(F)(F)F)cn1. The van der Waals surface area contributed by atoms with E-state index in [2.05, 4.69) is 10.1 Å². The van der Waals surface area contributed by atoms with Crippen LogP contribution in [0, 0.1) is 6.92 Å². The average Bonchev–Trinajstić information content (AvgIpc) is 3.12. The highest BCUT2D eigenvalue weighted by Crippen LogP contribution is 2.29.